The largest absolute Gasteiger partial charge is 0.354 e. The number of carbonyl (C=O) groups is 3. The molecule has 0 fully saturated rings. The van der Waals surface area contributed by atoms with Crippen molar-refractivity contribution in [1.82, 2.24) is 19.8 Å². The molecule has 2 aliphatic rings. The van der Waals surface area contributed by atoms with Gasteiger partial charge in [0.1, 0.15) is 5.25 Å². The van der Waals surface area contributed by atoms with Crippen LogP contribution in [0.25, 0.3) is 11.0 Å². The van der Waals surface area contributed by atoms with E-state index in [4.69, 9.17) is 0 Å². The standard InChI is InChI=1S/C18H17N5O3S/c24-15(5-8-22-11-20-12-3-1-2-4-14(12)22)19-7-9-23-17(25)16-13(6-10-27-16)21-18(23)26/h1-4,6,10-11,16H,5,7-9H2,(H,19,24). The fourth-order valence-corrected chi connectivity index (χ4v) is 3.93. The minimum Gasteiger partial charge on any atom is -0.354 e. The highest BCUT2D eigenvalue weighted by Crippen LogP contribution is 2.27. The van der Waals surface area contributed by atoms with Gasteiger partial charge in [-0.05, 0) is 23.6 Å². The fourth-order valence-electron chi connectivity index (χ4n) is 3.04. The number of fused-ring (bicyclic) bond motifs is 2. The van der Waals surface area contributed by atoms with Crippen molar-refractivity contribution in [2.75, 3.05) is 13.1 Å². The van der Waals surface area contributed by atoms with Crippen molar-refractivity contribution in [3.05, 3.63) is 42.1 Å². The highest BCUT2D eigenvalue weighted by molar-refractivity contribution is 8.04. The van der Waals surface area contributed by atoms with Gasteiger partial charge in [0.2, 0.25) is 11.8 Å². The lowest BCUT2D eigenvalue weighted by atomic mass is 10.2. The molecule has 0 spiro atoms. The van der Waals surface area contributed by atoms with Crippen LogP contribution in [0.2, 0.25) is 0 Å². The van der Waals surface area contributed by atoms with Crippen LogP contribution in [-0.4, -0.2) is 56.3 Å². The molecule has 2 aliphatic heterocycles. The van der Waals surface area contributed by atoms with Crippen molar-refractivity contribution in [1.29, 1.82) is 0 Å². The molecular formula is C18H17N5O3S. The monoisotopic (exact) mass is 383 g/mol. The predicted molar refractivity (Wildman–Crippen MR) is 102 cm³/mol. The number of amides is 4. The zero-order valence-corrected chi connectivity index (χ0v) is 15.2. The average molecular weight is 383 g/mol. The summed E-state index contributed by atoms with van der Waals surface area (Å²) in [6.07, 6.45) is 3.68. The summed E-state index contributed by atoms with van der Waals surface area (Å²) in [7, 11) is 0. The van der Waals surface area contributed by atoms with Gasteiger partial charge in [0.05, 0.1) is 23.1 Å². The van der Waals surface area contributed by atoms with Gasteiger partial charge in [-0.25, -0.2) is 9.78 Å². The number of nitrogens with one attached hydrogen (secondary N) is 1. The average Bonchev–Trinajstić information content (AvgIpc) is 3.29. The molecular weight excluding hydrogens is 366 g/mol. The van der Waals surface area contributed by atoms with Crippen molar-refractivity contribution in [3.8, 4) is 0 Å². The van der Waals surface area contributed by atoms with E-state index in [1.54, 1.807) is 17.8 Å². The van der Waals surface area contributed by atoms with Crippen molar-refractivity contribution < 1.29 is 14.4 Å². The number of aromatic nitrogens is 2. The van der Waals surface area contributed by atoms with E-state index < -0.39 is 11.3 Å². The molecule has 27 heavy (non-hydrogen) atoms. The number of imide groups is 1. The van der Waals surface area contributed by atoms with Crippen LogP contribution in [-0.2, 0) is 16.1 Å². The van der Waals surface area contributed by atoms with Gasteiger partial charge in [0, 0.05) is 26.1 Å². The van der Waals surface area contributed by atoms with E-state index in [-0.39, 0.29) is 31.3 Å². The Balaban J connectivity index is 1.26. The summed E-state index contributed by atoms with van der Waals surface area (Å²) in [5.74, 6) is -0.426. The summed E-state index contributed by atoms with van der Waals surface area (Å²) in [6, 6.07) is 7.16. The van der Waals surface area contributed by atoms with Crippen LogP contribution in [0.5, 0.6) is 0 Å². The Morgan fingerprint density at radius 2 is 2.07 bits per heavy atom. The fraction of sp³-hybridized carbons (Fsp3) is 0.278. The number of allylic oxidation sites excluding steroid dienone is 1. The number of thioether (sulfide) groups is 1. The molecule has 8 nitrogen and oxygen atoms in total. The first-order valence-electron chi connectivity index (χ1n) is 8.56. The maximum absolute atomic E-state index is 12.3. The number of rotatable bonds is 6. The Morgan fingerprint density at radius 1 is 1.22 bits per heavy atom. The molecule has 1 atom stereocenters. The van der Waals surface area contributed by atoms with Crippen molar-refractivity contribution in [2.24, 2.45) is 4.99 Å². The van der Waals surface area contributed by atoms with Crippen LogP contribution in [0.1, 0.15) is 6.42 Å². The molecule has 3 heterocycles. The minimum atomic E-state index is -0.572. The van der Waals surface area contributed by atoms with Crippen LogP contribution < -0.4 is 5.32 Å². The van der Waals surface area contributed by atoms with Gasteiger partial charge in [-0.3, -0.25) is 14.5 Å². The number of urea groups is 1. The topological polar surface area (TPSA) is 96.7 Å². The van der Waals surface area contributed by atoms with Crippen LogP contribution >= 0.6 is 11.8 Å². The van der Waals surface area contributed by atoms with Gasteiger partial charge in [0.25, 0.3) is 0 Å². The number of benzene rings is 1. The first kappa shape index (κ1) is 17.5. The third-order valence-electron chi connectivity index (χ3n) is 4.43. The molecule has 138 valence electrons. The van der Waals surface area contributed by atoms with Crippen LogP contribution in [0.3, 0.4) is 0 Å². The summed E-state index contributed by atoms with van der Waals surface area (Å²) in [5.41, 5.74) is 2.37. The van der Waals surface area contributed by atoms with E-state index >= 15 is 0 Å². The number of aliphatic imine (C=N–C) groups is 1. The van der Waals surface area contributed by atoms with E-state index in [1.807, 2.05) is 28.8 Å². The van der Waals surface area contributed by atoms with E-state index in [2.05, 4.69) is 15.3 Å². The summed E-state index contributed by atoms with van der Waals surface area (Å²) in [4.78, 5) is 45.7. The number of hydrogen-bond acceptors (Lipinski definition) is 5. The van der Waals surface area contributed by atoms with Gasteiger partial charge >= 0.3 is 6.03 Å². The Hall–Kier alpha value is -2.94. The quantitative estimate of drug-likeness (QED) is 0.817. The molecule has 0 radical (unpaired) electrons. The molecule has 1 aromatic carbocycles. The smallest absolute Gasteiger partial charge is 0.350 e. The first-order valence-corrected chi connectivity index (χ1v) is 9.50. The zero-order chi connectivity index (χ0) is 18.8. The predicted octanol–water partition coefficient (Wildman–Crippen LogP) is 1.57. The highest BCUT2D eigenvalue weighted by atomic mass is 32.2. The Labute approximate surface area is 159 Å². The summed E-state index contributed by atoms with van der Waals surface area (Å²) in [6.45, 7) is 0.827. The maximum atomic E-state index is 12.3. The molecule has 0 saturated carbocycles. The number of carbonyl (C=O) groups excluding carboxylic acids is 3. The summed E-state index contributed by atoms with van der Waals surface area (Å²) >= 11 is 1.34. The second-order valence-corrected chi connectivity index (χ2v) is 7.17. The number of hydrogen-bond donors (Lipinski definition) is 1. The number of aryl methyl sites for hydroxylation is 1. The van der Waals surface area contributed by atoms with Crippen molar-refractivity contribution >= 4 is 46.4 Å². The van der Waals surface area contributed by atoms with E-state index in [9.17, 15) is 14.4 Å². The van der Waals surface area contributed by atoms with Gasteiger partial charge in [-0.15, -0.1) is 11.8 Å². The first-order chi connectivity index (χ1) is 13.1. The van der Waals surface area contributed by atoms with E-state index in [0.29, 0.717) is 12.3 Å². The third-order valence-corrected chi connectivity index (χ3v) is 5.44. The minimum absolute atomic E-state index is 0.116. The van der Waals surface area contributed by atoms with Crippen LogP contribution in [0.4, 0.5) is 4.79 Å². The van der Waals surface area contributed by atoms with Crippen LogP contribution in [0, 0.1) is 0 Å². The maximum Gasteiger partial charge on any atom is 0.350 e. The zero-order valence-electron chi connectivity index (χ0n) is 14.4. The Kier molecular flexibility index (Phi) is 4.76. The molecule has 0 saturated heterocycles. The lowest BCUT2D eigenvalue weighted by molar-refractivity contribution is -0.127. The molecule has 4 amide bonds. The van der Waals surface area contributed by atoms with Gasteiger partial charge in [-0.2, -0.15) is 4.99 Å². The van der Waals surface area contributed by atoms with E-state index in [1.165, 1.54) is 11.8 Å². The molecule has 1 aromatic heterocycles. The molecule has 1 unspecified atom stereocenters. The molecule has 4 rings (SSSR count). The van der Waals surface area contributed by atoms with Gasteiger partial charge < -0.3 is 9.88 Å². The van der Waals surface area contributed by atoms with Crippen LogP contribution in [0.15, 0.2) is 47.1 Å². The second-order valence-electron chi connectivity index (χ2n) is 6.15. The Morgan fingerprint density at radius 3 is 2.96 bits per heavy atom. The summed E-state index contributed by atoms with van der Waals surface area (Å²) in [5, 5.41) is 4.08. The molecule has 0 aliphatic carbocycles. The SMILES string of the molecule is O=C(CCn1cnc2ccccc21)NCCN1C(=O)N=C2C=CSC2C1=O. The normalized spacial score (nSPS) is 18.7. The molecule has 0 bridgehead atoms. The lowest BCUT2D eigenvalue weighted by Crippen LogP contribution is -2.49. The molecule has 9 heteroatoms. The van der Waals surface area contributed by atoms with Crippen molar-refractivity contribution in [2.45, 2.75) is 18.2 Å². The van der Waals surface area contributed by atoms with Crippen molar-refractivity contribution in [3.63, 3.8) is 0 Å². The summed E-state index contributed by atoms with van der Waals surface area (Å²) < 4.78 is 1.92. The van der Waals surface area contributed by atoms with Gasteiger partial charge in [-0.1, -0.05) is 12.1 Å². The lowest BCUT2D eigenvalue weighted by Gasteiger charge is -2.25. The number of nitrogens with zero attached hydrogens (tertiary/aromatic N) is 4. The highest BCUT2D eigenvalue weighted by Gasteiger charge is 2.38. The van der Waals surface area contributed by atoms with E-state index in [0.717, 1.165) is 15.9 Å². The third kappa shape index (κ3) is 3.50. The molecule has 1 N–H and O–H groups in total. The number of imidazole rings is 1. The Bertz CT molecular complexity index is 980. The second kappa shape index (κ2) is 7.36. The molecule has 2 aromatic rings. The number of para-hydroxylation sites is 2. The van der Waals surface area contributed by atoms with Gasteiger partial charge in [0.15, 0.2) is 0 Å².